The molecule has 1 aliphatic heterocycles. The number of likely N-dealkylation sites (tertiary alicyclic amines) is 1. The van der Waals surface area contributed by atoms with Crippen LogP contribution in [0.5, 0.6) is 5.75 Å². The molecule has 0 amide bonds. The monoisotopic (exact) mass is 292 g/mol. The van der Waals surface area contributed by atoms with Gasteiger partial charge in [0.15, 0.2) is 0 Å². The summed E-state index contributed by atoms with van der Waals surface area (Å²) in [5.74, 6) is 1.57. The third-order valence-corrected chi connectivity index (χ3v) is 4.08. The fourth-order valence-corrected chi connectivity index (χ4v) is 2.68. The Balaban J connectivity index is 1.58. The number of hydrogen-bond acceptors (Lipinski definition) is 4. The standard InChI is InChI=1S/C17H28N2O2/c1-14-4-3-5-17(10-14)21-13-16(20)12-18-11-15-6-8-19(2)9-7-15/h3-5,10,15-16,18,20H,6-9,11-13H2,1-2H3. The zero-order valence-electron chi connectivity index (χ0n) is 13.2. The predicted octanol–water partition coefficient (Wildman–Crippen LogP) is 1.67. The molecule has 0 bridgehead atoms. The van der Waals surface area contributed by atoms with Crippen molar-refractivity contribution in [3.63, 3.8) is 0 Å². The highest BCUT2D eigenvalue weighted by molar-refractivity contribution is 5.27. The Hall–Kier alpha value is -1.10. The lowest BCUT2D eigenvalue weighted by Crippen LogP contribution is -2.38. The molecule has 118 valence electrons. The molecule has 1 heterocycles. The van der Waals surface area contributed by atoms with Crippen molar-refractivity contribution in [1.29, 1.82) is 0 Å². The first-order valence-corrected chi connectivity index (χ1v) is 7.90. The molecule has 1 atom stereocenters. The number of hydrogen-bond donors (Lipinski definition) is 2. The molecule has 1 unspecified atom stereocenters. The molecule has 1 saturated heterocycles. The van der Waals surface area contributed by atoms with Crippen molar-refractivity contribution in [1.82, 2.24) is 10.2 Å². The smallest absolute Gasteiger partial charge is 0.119 e. The van der Waals surface area contributed by atoms with E-state index in [9.17, 15) is 5.11 Å². The van der Waals surface area contributed by atoms with Gasteiger partial charge in [-0.25, -0.2) is 0 Å². The minimum atomic E-state index is -0.461. The maximum absolute atomic E-state index is 9.96. The third-order valence-electron chi connectivity index (χ3n) is 4.08. The second kappa shape index (κ2) is 8.37. The highest BCUT2D eigenvalue weighted by atomic mass is 16.5. The minimum Gasteiger partial charge on any atom is -0.491 e. The van der Waals surface area contributed by atoms with E-state index >= 15 is 0 Å². The van der Waals surface area contributed by atoms with Crippen molar-refractivity contribution in [3.8, 4) is 5.75 Å². The van der Waals surface area contributed by atoms with Crippen molar-refractivity contribution in [2.75, 3.05) is 39.8 Å². The fraction of sp³-hybridized carbons (Fsp3) is 0.647. The zero-order valence-corrected chi connectivity index (χ0v) is 13.2. The van der Waals surface area contributed by atoms with Gasteiger partial charge in [-0.05, 0) is 70.1 Å². The molecule has 1 aromatic carbocycles. The number of piperidine rings is 1. The predicted molar refractivity (Wildman–Crippen MR) is 85.8 cm³/mol. The molecule has 1 aliphatic rings. The number of benzene rings is 1. The molecule has 0 saturated carbocycles. The highest BCUT2D eigenvalue weighted by Gasteiger charge is 2.16. The normalized spacial score (nSPS) is 18.6. The molecule has 4 nitrogen and oxygen atoms in total. The van der Waals surface area contributed by atoms with Crippen LogP contribution in [0.3, 0.4) is 0 Å². The van der Waals surface area contributed by atoms with Crippen molar-refractivity contribution in [2.24, 2.45) is 5.92 Å². The van der Waals surface area contributed by atoms with Crippen LogP contribution < -0.4 is 10.1 Å². The highest BCUT2D eigenvalue weighted by Crippen LogP contribution is 2.15. The van der Waals surface area contributed by atoms with Gasteiger partial charge in [0, 0.05) is 6.54 Å². The molecule has 21 heavy (non-hydrogen) atoms. The van der Waals surface area contributed by atoms with Gasteiger partial charge in [-0.15, -0.1) is 0 Å². The Morgan fingerprint density at radius 3 is 2.86 bits per heavy atom. The maximum atomic E-state index is 9.96. The average Bonchev–Trinajstić information content (AvgIpc) is 2.47. The van der Waals surface area contributed by atoms with Crippen LogP contribution in [0.2, 0.25) is 0 Å². The van der Waals surface area contributed by atoms with Crippen molar-refractivity contribution >= 4 is 0 Å². The molecule has 1 fully saturated rings. The number of ether oxygens (including phenoxy) is 1. The molecule has 0 aromatic heterocycles. The molecule has 4 heteroatoms. The zero-order chi connectivity index (χ0) is 15.1. The number of aliphatic hydroxyl groups is 1. The maximum Gasteiger partial charge on any atom is 0.119 e. The van der Waals surface area contributed by atoms with E-state index in [-0.39, 0.29) is 0 Å². The third kappa shape index (κ3) is 6.04. The summed E-state index contributed by atoms with van der Waals surface area (Å²) in [6, 6.07) is 7.91. The van der Waals surface area contributed by atoms with Gasteiger partial charge in [0.1, 0.15) is 18.5 Å². The Kier molecular flexibility index (Phi) is 6.49. The Morgan fingerprint density at radius 2 is 2.14 bits per heavy atom. The van der Waals surface area contributed by atoms with Crippen LogP contribution in [0.25, 0.3) is 0 Å². The van der Waals surface area contributed by atoms with Crippen LogP contribution in [0, 0.1) is 12.8 Å². The number of nitrogens with zero attached hydrogens (tertiary/aromatic N) is 1. The van der Waals surface area contributed by atoms with Crippen LogP contribution in [-0.2, 0) is 0 Å². The molecular formula is C17H28N2O2. The van der Waals surface area contributed by atoms with E-state index in [2.05, 4.69) is 17.3 Å². The summed E-state index contributed by atoms with van der Waals surface area (Å²) < 4.78 is 5.61. The molecule has 0 spiro atoms. The summed E-state index contributed by atoms with van der Waals surface area (Å²) in [5, 5.41) is 13.3. The van der Waals surface area contributed by atoms with E-state index < -0.39 is 6.10 Å². The summed E-state index contributed by atoms with van der Waals surface area (Å²) in [5.41, 5.74) is 1.17. The van der Waals surface area contributed by atoms with Gasteiger partial charge in [-0.1, -0.05) is 12.1 Å². The number of aliphatic hydroxyl groups excluding tert-OH is 1. The lowest BCUT2D eigenvalue weighted by molar-refractivity contribution is 0.104. The summed E-state index contributed by atoms with van der Waals surface area (Å²) in [4.78, 5) is 2.38. The summed E-state index contributed by atoms with van der Waals surface area (Å²) in [6.45, 7) is 6.33. The van der Waals surface area contributed by atoms with E-state index in [0.29, 0.717) is 13.2 Å². The van der Waals surface area contributed by atoms with E-state index in [1.165, 1.54) is 31.5 Å². The van der Waals surface area contributed by atoms with Crippen LogP contribution in [0.1, 0.15) is 18.4 Å². The first-order chi connectivity index (χ1) is 10.1. The molecular weight excluding hydrogens is 264 g/mol. The molecule has 0 radical (unpaired) electrons. The summed E-state index contributed by atoms with van der Waals surface area (Å²) >= 11 is 0. The second-order valence-electron chi connectivity index (χ2n) is 6.19. The minimum absolute atomic E-state index is 0.337. The lowest BCUT2D eigenvalue weighted by atomic mass is 9.97. The van der Waals surface area contributed by atoms with E-state index in [4.69, 9.17) is 4.74 Å². The Morgan fingerprint density at radius 1 is 1.38 bits per heavy atom. The van der Waals surface area contributed by atoms with Crippen molar-refractivity contribution in [3.05, 3.63) is 29.8 Å². The van der Waals surface area contributed by atoms with Gasteiger partial charge in [-0.2, -0.15) is 0 Å². The van der Waals surface area contributed by atoms with Gasteiger partial charge in [-0.3, -0.25) is 0 Å². The van der Waals surface area contributed by atoms with Gasteiger partial charge < -0.3 is 20.1 Å². The lowest BCUT2D eigenvalue weighted by Gasteiger charge is -2.29. The van der Waals surface area contributed by atoms with Gasteiger partial charge >= 0.3 is 0 Å². The van der Waals surface area contributed by atoms with Crippen LogP contribution >= 0.6 is 0 Å². The molecule has 1 aromatic rings. The quantitative estimate of drug-likeness (QED) is 0.802. The van der Waals surface area contributed by atoms with E-state index in [1.807, 2.05) is 31.2 Å². The number of aryl methyl sites for hydroxylation is 1. The number of rotatable bonds is 7. The van der Waals surface area contributed by atoms with Crippen LogP contribution in [0.4, 0.5) is 0 Å². The SMILES string of the molecule is Cc1cccc(OCC(O)CNCC2CCN(C)CC2)c1. The second-order valence-corrected chi connectivity index (χ2v) is 6.19. The van der Waals surface area contributed by atoms with Crippen molar-refractivity contribution in [2.45, 2.75) is 25.9 Å². The van der Waals surface area contributed by atoms with Gasteiger partial charge in [0.25, 0.3) is 0 Å². The summed E-state index contributed by atoms with van der Waals surface area (Å²) in [7, 11) is 2.18. The summed E-state index contributed by atoms with van der Waals surface area (Å²) in [6.07, 6.45) is 2.04. The van der Waals surface area contributed by atoms with Crippen LogP contribution in [-0.4, -0.2) is 55.9 Å². The van der Waals surface area contributed by atoms with Gasteiger partial charge in [0.2, 0.25) is 0 Å². The first kappa shape index (κ1) is 16.3. The first-order valence-electron chi connectivity index (χ1n) is 7.90. The van der Waals surface area contributed by atoms with Crippen molar-refractivity contribution < 1.29 is 9.84 Å². The fourth-order valence-electron chi connectivity index (χ4n) is 2.68. The average molecular weight is 292 g/mol. The van der Waals surface area contributed by atoms with E-state index in [0.717, 1.165) is 18.2 Å². The van der Waals surface area contributed by atoms with E-state index in [1.54, 1.807) is 0 Å². The van der Waals surface area contributed by atoms with Gasteiger partial charge in [0.05, 0.1) is 0 Å². The Labute approximate surface area is 128 Å². The molecule has 2 rings (SSSR count). The Bertz CT molecular complexity index is 417. The topological polar surface area (TPSA) is 44.7 Å². The largest absolute Gasteiger partial charge is 0.491 e. The number of nitrogens with one attached hydrogen (secondary N) is 1. The van der Waals surface area contributed by atoms with Crippen LogP contribution in [0.15, 0.2) is 24.3 Å². The molecule has 2 N–H and O–H groups in total. The molecule has 0 aliphatic carbocycles.